The summed E-state index contributed by atoms with van der Waals surface area (Å²) >= 11 is 5.71. The Kier molecular flexibility index (Phi) is 6.00. The lowest BCUT2D eigenvalue weighted by atomic mass is 9.94. The van der Waals surface area contributed by atoms with Crippen LogP contribution < -0.4 is 15.0 Å². The van der Waals surface area contributed by atoms with Gasteiger partial charge in [-0.15, -0.1) is 0 Å². The molecule has 0 saturated carbocycles. The van der Waals surface area contributed by atoms with Gasteiger partial charge in [-0.1, -0.05) is 17.3 Å². The molecule has 0 saturated heterocycles. The Morgan fingerprint density at radius 3 is 2.37 bits per heavy atom. The Balaban J connectivity index is 1.65. The lowest BCUT2D eigenvalue weighted by molar-refractivity contribution is 0.403. The molecule has 1 unspecified atom stereocenters. The fraction of sp³-hybridized carbons (Fsp3) is 0.115. The van der Waals surface area contributed by atoms with Gasteiger partial charge >= 0.3 is 0 Å². The van der Waals surface area contributed by atoms with Crippen LogP contribution in [-0.2, 0) is 0 Å². The van der Waals surface area contributed by atoms with Crippen molar-refractivity contribution in [2.45, 2.75) is 13.0 Å². The molecule has 35 heavy (non-hydrogen) atoms. The maximum atomic E-state index is 13.6. The molecule has 0 spiro atoms. The van der Waals surface area contributed by atoms with E-state index in [1.807, 2.05) is 31.2 Å². The van der Waals surface area contributed by atoms with Crippen LogP contribution in [0.15, 0.2) is 83.0 Å². The number of nitrogens with one attached hydrogen (secondary N) is 1. The first kappa shape index (κ1) is 22.7. The van der Waals surface area contributed by atoms with Gasteiger partial charge in [0.05, 0.1) is 18.7 Å². The van der Waals surface area contributed by atoms with Gasteiger partial charge in [-0.05, 0) is 85.4 Å². The van der Waals surface area contributed by atoms with Gasteiger partial charge in [0.1, 0.15) is 17.4 Å². The lowest BCUT2D eigenvalue weighted by Crippen LogP contribution is -2.46. The van der Waals surface area contributed by atoms with E-state index < -0.39 is 6.04 Å². The highest BCUT2D eigenvalue weighted by Gasteiger charge is 2.35. The molecule has 3 aromatic carbocycles. The van der Waals surface area contributed by atoms with E-state index in [0.717, 1.165) is 11.3 Å². The number of hydrogen-bond donors (Lipinski definition) is 1. The molecular weight excluding hydrogens is 470 g/mol. The minimum absolute atomic E-state index is 0.275. The van der Waals surface area contributed by atoms with Crippen molar-refractivity contribution in [2.75, 3.05) is 12.0 Å². The standard InChI is InChI=1S/C26H20F2N4O2S/c1-15-22(25-30-24(31-34-25)16-6-8-18(27)9-7-16)23(17-4-3-5-21(14-17)33-2)29-26(35)32(15)20-12-10-19(28)11-13-20/h3-14,23H,1-2H3,(H,29,35). The Morgan fingerprint density at radius 1 is 1.00 bits per heavy atom. The van der Waals surface area contributed by atoms with E-state index >= 15 is 0 Å². The topological polar surface area (TPSA) is 63.4 Å². The molecule has 9 heteroatoms. The third-order valence-corrected chi connectivity index (χ3v) is 6.06. The molecule has 4 aromatic rings. The van der Waals surface area contributed by atoms with Gasteiger partial charge in [-0.2, -0.15) is 4.98 Å². The number of thiocarbonyl (C=S) groups is 1. The van der Waals surface area contributed by atoms with Gasteiger partial charge in [-0.25, -0.2) is 8.78 Å². The normalized spacial score (nSPS) is 15.8. The van der Waals surface area contributed by atoms with E-state index in [1.54, 1.807) is 36.3 Å². The van der Waals surface area contributed by atoms with Gasteiger partial charge in [0, 0.05) is 16.9 Å². The van der Waals surface area contributed by atoms with Crippen molar-refractivity contribution in [2.24, 2.45) is 0 Å². The average molecular weight is 491 g/mol. The third kappa shape index (κ3) is 4.38. The molecule has 1 N–H and O–H groups in total. The second-order valence-electron chi connectivity index (χ2n) is 7.90. The summed E-state index contributed by atoms with van der Waals surface area (Å²) in [6.45, 7) is 1.89. The predicted molar refractivity (Wildman–Crippen MR) is 133 cm³/mol. The van der Waals surface area contributed by atoms with Gasteiger partial charge in [0.2, 0.25) is 5.82 Å². The third-order valence-electron chi connectivity index (χ3n) is 5.76. The van der Waals surface area contributed by atoms with Crippen molar-refractivity contribution in [3.8, 4) is 17.1 Å². The number of rotatable bonds is 5. The lowest BCUT2D eigenvalue weighted by Gasteiger charge is -2.37. The molecule has 2 heterocycles. The van der Waals surface area contributed by atoms with Crippen molar-refractivity contribution in [3.63, 3.8) is 0 Å². The number of anilines is 1. The van der Waals surface area contributed by atoms with E-state index in [2.05, 4.69) is 15.5 Å². The molecule has 1 atom stereocenters. The first-order valence-corrected chi connectivity index (χ1v) is 11.2. The summed E-state index contributed by atoms with van der Waals surface area (Å²) in [6.07, 6.45) is 0. The summed E-state index contributed by atoms with van der Waals surface area (Å²) < 4.78 is 38.1. The minimum Gasteiger partial charge on any atom is -0.497 e. The maximum absolute atomic E-state index is 13.6. The summed E-state index contributed by atoms with van der Waals surface area (Å²) in [7, 11) is 1.60. The van der Waals surface area contributed by atoms with Crippen LogP contribution in [0.1, 0.15) is 24.4 Å². The first-order valence-electron chi connectivity index (χ1n) is 10.8. The fourth-order valence-corrected chi connectivity index (χ4v) is 4.40. The number of ether oxygens (including phenoxy) is 1. The second-order valence-corrected chi connectivity index (χ2v) is 8.29. The highest BCUT2D eigenvalue weighted by molar-refractivity contribution is 7.80. The molecule has 0 fully saturated rings. The number of nitrogens with zero attached hydrogens (tertiary/aromatic N) is 3. The Morgan fingerprint density at radius 2 is 1.69 bits per heavy atom. The molecule has 176 valence electrons. The van der Waals surface area contributed by atoms with Gasteiger partial charge in [-0.3, -0.25) is 4.90 Å². The van der Waals surface area contributed by atoms with Gasteiger partial charge in [0.15, 0.2) is 5.11 Å². The van der Waals surface area contributed by atoms with E-state index in [1.165, 1.54) is 24.3 Å². The number of halogens is 2. The average Bonchev–Trinajstić information content (AvgIpc) is 3.35. The number of aromatic nitrogens is 2. The first-order chi connectivity index (χ1) is 16.9. The van der Waals surface area contributed by atoms with Crippen molar-refractivity contribution in [3.05, 3.63) is 102 Å². The summed E-state index contributed by atoms with van der Waals surface area (Å²) in [5, 5.41) is 7.91. The molecule has 0 amide bonds. The molecule has 0 bridgehead atoms. The van der Waals surface area contributed by atoms with Crippen LogP contribution >= 0.6 is 12.2 Å². The largest absolute Gasteiger partial charge is 0.497 e. The monoisotopic (exact) mass is 490 g/mol. The predicted octanol–water partition coefficient (Wildman–Crippen LogP) is 5.89. The molecule has 0 radical (unpaired) electrons. The highest BCUT2D eigenvalue weighted by atomic mass is 32.1. The van der Waals surface area contributed by atoms with E-state index in [9.17, 15) is 8.78 Å². The molecule has 1 aliphatic rings. The van der Waals surface area contributed by atoms with Crippen molar-refractivity contribution in [1.82, 2.24) is 15.5 Å². The van der Waals surface area contributed by atoms with Crippen molar-refractivity contribution >= 4 is 28.6 Å². The van der Waals surface area contributed by atoms with Gasteiger partial charge in [0.25, 0.3) is 5.89 Å². The zero-order valence-corrected chi connectivity index (χ0v) is 19.6. The van der Waals surface area contributed by atoms with Crippen LogP contribution in [0.4, 0.5) is 14.5 Å². The number of methoxy groups -OCH3 is 1. The Bertz CT molecular complexity index is 1420. The molecule has 1 aliphatic heterocycles. The molecular formula is C26H20F2N4O2S. The van der Waals surface area contributed by atoms with Crippen LogP contribution in [0.2, 0.25) is 0 Å². The highest BCUT2D eigenvalue weighted by Crippen LogP contribution is 2.39. The molecule has 6 nitrogen and oxygen atoms in total. The zero-order chi connectivity index (χ0) is 24.5. The zero-order valence-electron chi connectivity index (χ0n) is 18.8. The quantitative estimate of drug-likeness (QED) is 0.350. The second kappa shape index (κ2) is 9.27. The molecule has 0 aliphatic carbocycles. The number of allylic oxidation sites excluding steroid dienone is 1. The Labute approximate surface area is 205 Å². The van der Waals surface area contributed by atoms with Crippen LogP contribution in [-0.4, -0.2) is 22.4 Å². The van der Waals surface area contributed by atoms with E-state index in [-0.39, 0.29) is 17.5 Å². The van der Waals surface area contributed by atoms with Crippen LogP contribution in [0.3, 0.4) is 0 Å². The smallest absolute Gasteiger partial charge is 0.258 e. The SMILES string of the molecule is COc1cccc(C2NC(=S)N(c3ccc(F)cc3)C(C)=C2c2nc(-c3ccc(F)cc3)no2)c1. The van der Waals surface area contributed by atoms with E-state index in [4.69, 9.17) is 21.5 Å². The van der Waals surface area contributed by atoms with Crippen molar-refractivity contribution in [1.29, 1.82) is 0 Å². The number of benzene rings is 3. The molecule has 5 rings (SSSR count). The summed E-state index contributed by atoms with van der Waals surface area (Å²) in [4.78, 5) is 6.40. The van der Waals surface area contributed by atoms with Crippen LogP contribution in [0.25, 0.3) is 17.0 Å². The van der Waals surface area contributed by atoms with E-state index in [0.29, 0.717) is 33.5 Å². The minimum atomic E-state index is -0.421. The summed E-state index contributed by atoms with van der Waals surface area (Å²) in [6, 6.07) is 19.1. The summed E-state index contributed by atoms with van der Waals surface area (Å²) in [5.41, 5.74) is 3.61. The fourth-order valence-electron chi connectivity index (χ4n) is 4.04. The van der Waals surface area contributed by atoms with Crippen LogP contribution in [0.5, 0.6) is 5.75 Å². The summed E-state index contributed by atoms with van der Waals surface area (Å²) in [5.74, 6) is 0.587. The van der Waals surface area contributed by atoms with Crippen molar-refractivity contribution < 1.29 is 18.0 Å². The maximum Gasteiger partial charge on any atom is 0.258 e. The Hall–Kier alpha value is -4.11. The van der Waals surface area contributed by atoms with Gasteiger partial charge < -0.3 is 14.6 Å². The number of hydrogen-bond acceptors (Lipinski definition) is 5. The van der Waals surface area contributed by atoms with Crippen LogP contribution in [0, 0.1) is 11.6 Å². The molecule has 1 aromatic heterocycles.